The monoisotopic (exact) mass is 291 g/mol. The van der Waals surface area contributed by atoms with Crippen LogP contribution in [0.5, 0.6) is 5.88 Å². The number of nitrogens with one attached hydrogen (secondary N) is 1. The molecule has 4 nitrogen and oxygen atoms in total. The maximum atomic E-state index is 13.4. The van der Waals surface area contributed by atoms with Crippen LogP contribution in [0.25, 0.3) is 10.9 Å². The summed E-state index contributed by atoms with van der Waals surface area (Å²) in [4.78, 5) is 2.60. The zero-order valence-corrected chi connectivity index (χ0v) is 10.4. The summed E-state index contributed by atoms with van der Waals surface area (Å²) in [6, 6.07) is 6.64. The Labute approximate surface area is 116 Å². The van der Waals surface area contributed by atoms with Crippen molar-refractivity contribution in [3.05, 3.63) is 53.8 Å². The fourth-order valence-corrected chi connectivity index (χ4v) is 1.90. The van der Waals surface area contributed by atoms with Crippen LogP contribution in [0.15, 0.2) is 46.6 Å². The summed E-state index contributed by atoms with van der Waals surface area (Å²) in [5.74, 6) is -2.44. The van der Waals surface area contributed by atoms with E-state index in [2.05, 4.69) is 15.2 Å². The van der Waals surface area contributed by atoms with Crippen molar-refractivity contribution in [1.82, 2.24) is 4.98 Å². The van der Waals surface area contributed by atoms with Gasteiger partial charge in [0.25, 0.3) is 0 Å². The molecule has 3 rings (SSSR count). The molecule has 0 radical (unpaired) electrons. The largest absolute Gasteiger partial charge is 0.493 e. The highest BCUT2D eigenvalue weighted by Gasteiger charge is 2.11. The lowest BCUT2D eigenvalue weighted by atomic mass is 10.2. The van der Waals surface area contributed by atoms with Crippen molar-refractivity contribution in [3.63, 3.8) is 0 Å². The second-order valence-electron chi connectivity index (χ2n) is 4.31. The van der Waals surface area contributed by atoms with Crippen LogP contribution in [-0.2, 0) is 0 Å². The molecule has 0 bridgehead atoms. The van der Waals surface area contributed by atoms with Gasteiger partial charge in [0, 0.05) is 11.5 Å². The van der Waals surface area contributed by atoms with Gasteiger partial charge in [-0.1, -0.05) is 0 Å². The van der Waals surface area contributed by atoms with E-state index in [0.29, 0.717) is 17.0 Å². The number of hydrogen-bond donors (Lipinski definition) is 2. The molecule has 21 heavy (non-hydrogen) atoms. The minimum atomic E-state index is -0.885. The van der Waals surface area contributed by atoms with Crippen molar-refractivity contribution in [1.29, 1.82) is 0 Å². The molecule has 0 saturated carbocycles. The molecule has 2 N–H and O–H groups in total. The van der Waals surface area contributed by atoms with Crippen LogP contribution in [0.2, 0.25) is 0 Å². The highest BCUT2D eigenvalue weighted by molar-refractivity contribution is 5.94. The molecule has 7 heteroatoms. The predicted octanol–water partition coefficient (Wildman–Crippen LogP) is 4.71. The number of halogens is 3. The lowest BCUT2D eigenvalue weighted by Gasteiger charge is -1.96. The average Bonchev–Trinajstić information content (AvgIpc) is 2.73. The number of hydrogen-bond acceptors (Lipinski definition) is 3. The van der Waals surface area contributed by atoms with Crippen LogP contribution in [0.1, 0.15) is 0 Å². The Morgan fingerprint density at radius 3 is 2.38 bits per heavy atom. The van der Waals surface area contributed by atoms with Crippen molar-refractivity contribution < 1.29 is 18.3 Å². The first-order valence-electron chi connectivity index (χ1n) is 5.91. The van der Waals surface area contributed by atoms with Crippen LogP contribution in [0, 0.1) is 17.5 Å². The topological polar surface area (TPSA) is 60.7 Å². The van der Waals surface area contributed by atoms with E-state index in [1.807, 2.05) is 0 Å². The summed E-state index contributed by atoms with van der Waals surface area (Å²) in [6.07, 6.45) is 0. The quantitative estimate of drug-likeness (QED) is 0.660. The van der Waals surface area contributed by atoms with Gasteiger partial charge in [-0.25, -0.2) is 13.2 Å². The summed E-state index contributed by atoms with van der Waals surface area (Å²) in [7, 11) is 0. The molecule has 0 amide bonds. The smallest absolute Gasteiger partial charge is 0.218 e. The number of azo groups is 1. The Morgan fingerprint density at radius 2 is 1.62 bits per heavy atom. The molecule has 1 heterocycles. The van der Waals surface area contributed by atoms with E-state index >= 15 is 0 Å². The molecule has 0 aliphatic rings. The number of nitrogens with zero attached hydrogens (tertiary/aromatic N) is 2. The molecule has 3 aromatic rings. The van der Waals surface area contributed by atoms with Crippen LogP contribution >= 0.6 is 0 Å². The van der Waals surface area contributed by atoms with Gasteiger partial charge in [0.05, 0.1) is 5.52 Å². The highest BCUT2D eigenvalue weighted by atomic mass is 19.1. The van der Waals surface area contributed by atoms with E-state index in [0.717, 1.165) is 12.1 Å². The van der Waals surface area contributed by atoms with Gasteiger partial charge in [-0.15, -0.1) is 10.2 Å². The number of aromatic amines is 1. The molecule has 0 saturated heterocycles. The summed E-state index contributed by atoms with van der Waals surface area (Å²) in [5.41, 5.74) is 0.247. The molecule has 2 aromatic carbocycles. The van der Waals surface area contributed by atoms with Gasteiger partial charge >= 0.3 is 0 Å². The molecule has 0 fully saturated rings. The van der Waals surface area contributed by atoms with E-state index < -0.39 is 17.5 Å². The van der Waals surface area contributed by atoms with E-state index in [1.54, 1.807) is 0 Å². The summed E-state index contributed by atoms with van der Waals surface area (Å²) >= 11 is 0. The fraction of sp³-hybridized carbons (Fsp3) is 0. The zero-order valence-electron chi connectivity index (χ0n) is 10.4. The number of fused-ring (bicyclic) bond motifs is 1. The summed E-state index contributed by atoms with van der Waals surface area (Å²) in [5, 5.41) is 17.4. The standard InChI is InChI=1S/C14H8F3N3O/c15-7-1-3-11-9(5-7)13(14(21)18-11)20-19-12-4-2-8(16)6-10(12)17/h1-6,18,21H. The molecular formula is C14H8F3N3O. The van der Waals surface area contributed by atoms with E-state index in [-0.39, 0.29) is 17.3 Å². The number of rotatable bonds is 2. The lowest BCUT2D eigenvalue weighted by Crippen LogP contribution is -1.78. The van der Waals surface area contributed by atoms with Crippen LogP contribution in [-0.4, -0.2) is 10.1 Å². The zero-order chi connectivity index (χ0) is 15.0. The molecule has 106 valence electrons. The van der Waals surface area contributed by atoms with Crippen LogP contribution in [0.4, 0.5) is 24.5 Å². The van der Waals surface area contributed by atoms with E-state index in [4.69, 9.17) is 0 Å². The molecular weight excluding hydrogens is 283 g/mol. The first-order valence-corrected chi connectivity index (χ1v) is 5.91. The highest BCUT2D eigenvalue weighted by Crippen LogP contribution is 2.36. The van der Waals surface area contributed by atoms with Gasteiger partial charge in [0.2, 0.25) is 5.88 Å². The Bertz CT molecular complexity index is 858. The summed E-state index contributed by atoms with van der Waals surface area (Å²) < 4.78 is 39.4. The number of aromatic nitrogens is 1. The molecule has 0 unspecified atom stereocenters. The predicted molar refractivity (Wildman–Crippen MR) is 70.5 cm³/mol. The second-order valence-corrected chi connectivity index (χ2v) is 4.31. The third-order valence-corrected chi connectivity index (χ3v) is 2.88. The summed E-state index contributed by atoms with van der Waals surface area (Å²) in [6.45, 7) is 0. The maximum Gasteiger partial charge on any atom is 0.218 e. The molecule has 0 aliphatic heterocycles. The Kier molecular flexibility index (Phi) is 3.09. The van der Waals surface area contributed by atoms with Crippen molar-refractivity contribution in [2.45, 2.75) is 0 Å². The average molecular weight is 291 g/mol. The van der Waals surface area contributed by atoms with Crippen molar-refractivity contribution in [2.24, 2.45) is 10.2 Å². The third-order valence-electron chi connectivity index (χ3n) is 2.88. The third kappa shape index (κ3) is 2.45. The van der Waals surface area contributed by atoms with Gasteiger partial charge in [0.15, 0.2) is 11.5 Å². The number of H-pyrrole nitrogens is 1. The van der Waals surface area contributed by atoms with Crippen molar-refractivity contribution in [2.75, 3.05) is 0 Å². The molecule has 0 aliphatic carbocycles. The van der Waals surface area contributed by atoms with Gasteiger partial charge in [-0.3, -0.25) is 0 Å². The van der Waals surface area contributed by atoms with E-state index in [1.165, 1.54) is 18.2 Å². The molecule has 0 spiro atoms. The molecule has 1 aromatic heterocycles. The fourth-order valence-electron chi connectivity index (χ4n) is 1.90. The second kappa shape index (κ2) is 4.93. The molecule has 0 atom stereocenters. The SMILES string of the molecule is Oc1[nH]c2ccc(F)cc2c1N=Nc1ccc(F)cc1F. The van der Waals surface area contributed by atoms with Crippen LogP contribution in [0.3, 0.4) is 0 Å². The van der Waals surface area contributed by atoms with Gasteiger partial charge in [0.1, 0.15) is 17.3 Å². The number of aromatic hydroxyl groups is 1. The minimum Gasteiger partial charge on any atom is -0.493 e. The van der Waals surface area contributed by atoms with Crippen molar-refractivity contribution >= 4 is 22.3 Å². The van der Waals surface area contributed by atoms with Gasteiger partial charge < -0.3 is 10.1 Å². The maximum absolute atomic E-state index is 13.4. The Balaban J connectivity index is 2.06. The van der Waals surface area contributed by atoms with Crippen molar-refractivity contribution in [3.8, 4) is 5.88 Å². The Morgan fingerprint density at radius 1 is 0.905 bits per heavy atom. The van der Waals surface area contributed by atoms with Crippen LogP contribution < -0.4 is 0 Å². The van der Waals surface area contributed by atoms with E-state index in [9.17, 15) is 18.3 Å². The van der Waals surface area contributed by atoms with Gasteiger partial charge in [-0.05, 0) is 30.3 Å². The minimum absolute atomic E-state index is 0.0202. The Hall–Kier alpha value is -2.83. The number of benzene rings is 2. The van der Waals surface area contributed by atoms with Gasteiger partial charge in [-0.2, -0.15) is 0 Å². The first-order chi connectivity index (χ1) is 10.0. The normalized spacial score (nSPS) is 11.6. The first kappa shape index (κ1) is 13.2. The lowest BCUT2D eigenvalue weighted by molar-refractivity contribution is 0.459.